The van der Waals surface area contributed by atoms with Gasteiger partial charge in [-0.05, 0) is 6.92 Å². The molecule has 0 spiro atoms. The minimum Gasteiger partial charge on any atom is -0.348 e. The van der Waals surface area contributed by atoms with E-state index in [0.29, 0.717) is 6.29 Å². The van der Waals surface area contributed by atoms with Gasteiger partial charge in [-0.15, -0.1) is 0 Å². The molecule has 0 aliphatic carbocycles. The molecule has 3 N–H and O–H groups in total. The van der Waals surface area contributed by atoms with Gasteiger partial charge in [-0.2, -0.15) is 0 Å². The zero-order valence-corrected chi connectivity index (χ0v) is 8.69. The Hall–Kier alpha value is -2.18. The predicted molar refractivity (Wildman–Crippen MR) is 54.6 cm³/mol. The predicted octanol–water partition coefficient (Wildman–Crippen LogP) is -1.16. The fraction of sp³-hybridized carbons (Fsp3) is 0.333. The Morgan fingerprint density at radius 1 is 1.62 bits per heavy atom. The van der Waals surface area contributed by atoms with Crippen molar-refractivity contribution in [3.63, 3.8) is 0 Å². The molecule has 0 aliphatic rings. The van der Waals surface area contributed by atoms with Gasteiger partial charge in [0, 0.05) is 12.4 Å². The lowest BCUT2D eigenvalue weighted by atomic mass is 10.3. The van der Waals surface area contributed by atoms with Crippen LogP contribution in [-0.4, -0.2) is 40.7 Å². The van der Waals surface area contributed by atoms with Crippen molar-refractivity contribution in [3.05, 3.63) is 18.2 Å². The summed E-state index contributed by atoms with van der Waals surface area (Å²) in [4.78, 5) is 39.1. The first-order valence-corrected chi connectivity index (χ1v) is 4.66. The van der Waals surface area contributed by atoms with Crippen LogP contribution in [0.2, 0.25) is 0 Å². The van der Waals surface area contributed by atoms with Crippen LogP contribution in [0.5, 0.6) is 0 Å². The van der Waals surface area contributed by atoms with Crippen molar-refractivity contribution < 1.29 is 14.4 Å². The number of rotatable bonds is 5. The maximum atomic E-state index is 11.4. The van der Waals surface area contributed by atoms with E-state index in [9.17, 15) is 14.4 Å². The smallest absolute Gasteiger partial charge is 0.287 e. The highest BCUT2D eigenvalue weighted by Gasteiger charge is 2.16. The molecule has 0 aliphatic heterocycles. The number of hydrogen-bond donors (Lipinski definition) is 3. The molecule has 0 aromatic carbocycles. The monoisotopic (exact) mass is 224 g/mol. The van der Waals surface area contributed by atoms with Gasteiger partial charge in [0.2, 0.25) is 5.91 Å². The van der Waals surface area contributed by atoms with Crippen molar-refractivity contribution in [2.75, 3.05) is 6.54 Å². The van der Waals surface area contributed by atoms with E-state index in [1.165, 1.54) is 19.3 Å². The molecular formula is C9H12N4O3. The maximum absolute atomic E-state index is 11.4. The molecule has 1 heterocycles. The van der Waals surface area contributed by atoms with E-state index in [1.807, 2.05) is 0 Å². The van der Waals surface area contributed by atoms with Gasteiger partial charge in [-0.1, -0.05) is 0 Å². The molecule has 7 heteroatoms. The van der Waals surface area contributed by atoms with Crippen LogP contribution in [0, 0.1) is 0 Å². The summed E-state index contributed by atoms with van der Waals surface area (Å²) in [6, 6.07) is -0.724. The van der Waals surface area contributed by atoms with E-state index in [2.05, 4.69) is 20.6 Å². The number of nitrogens with one attached hydrogen (secondary N) is 3. The van der Waals surface area contributed by atoms with E-state index in [0.717, 1.165) is 0 Å². The molecule has 0 radical (unpaired) electrons. The van der Waals surface area contributed by atoms with Crippen molar-refractivity contribution in [3.8, 4) is 0 Å². The van der Waals surface area contributed by atoms with Gasteiger partial charge in [0.15, 0.2) is 5.82 Å². The van der Waals surface area contributed by atoms with Gasteiger partial charge in [0.05, 0.1) is 6.54 Å². The third-order valence-electron chi connectivity index (χ3n) is 1.81. The lowest BCUT2D eigenvalue weighted by Gasteiger charge is -2.11. The molecular weight excluding hydrogens is 212 g/mol. The number of aldehydes is 1. The normalized spacial score (nSPS) is 11.6. The van der Waals surface area contributed by atoms with Gasteiger partial charge in [0.1, 0.15) is 12.3 Å². The van der Waals surface area contributed by atoms with Crippen molar-refractivity contribution in [1.29, 1.82) is 0 Å². The molecule has 1 aromatic rings. The number of hydrogen-bond acceptors (Lipinski definition) is 4. The highest BCUT2D eigenvalue weighted by molar-refractivity contribution is 5.94. The number of carbonyl (C=O) groups is 3. The van der Waals surface area contributed by atoms with Crippen LogP contribution in [0.25, 0.3) is 0 Å². The number of nitrogens with zero attached hydrogens (tertiary/aromatic N) is 1. The lowest BCUT2D eigenvalue weighted by Crippen LogP contribution is -2.45. The largest absolute Gasteiger partial charge is 0.348 e. The van der Waals surface area contributed by atoms with Gasteiger partial charge < -0.3 is 20.4 Å². The maximum Gasteiger partial charge on any atom is 0.287 e. The average Bonchev–Trinajstić information content (AvgIpc) is 2.79. The zero-order chi connectivity index (χ0) is 12.0. The standard InChI is InChI=1S/C9H12N4O3/c1-6(8(15)12-4-5-14)13-9(16)7-10-2-3-11-7/h2-3,5-6H,4H2,1H3,(H,10,11)(H,12,15)(H,13,16)/t6-/m0/s1. The van der Waals surface area contributed by atoms with E-state index in [1.54, 1.807) is 0 Å². The molecule has 0 saturated carbocycles. The number of carbonyl (C=O) groups excluding carboxylic acids is 3. The molecule has 7 nitrogen and oxygen atoms in total. The molecule has 0 fully saturated rings. The van der Waals surface area contributed by atoms with Crippen molar-refractivity contribution in [2.45, 2.75) is 13.0 Å². The molecule has 2 amide bonds. The second-order valence-corrected chi connectivity index (χ2v) is 3.04. The van der Waals surface area contributed by atoms with Crippen LogP contribution < -0.4 is 10.6 Å². The molecule has 1 rings (SSSR count). The fourth-order valence-electron chi connectivity index (χ4n) is 1.02. The van der Waals surface area contributed by atoms with E-state index in [4.69, 9.17) is 0 Å². The highest BCUT2D eigenvalue weighted by Crippen LogP contribution is 1.90. The summed E-state index contributed by atoms with van der Waals surface area (Å²) in [7, 11) is 0. The third kappa shape index (κ3) is 3.19. The second-order valence-electron chi connectivity index (χ2n) is 3.04. The Bertz CT molecular complexity index is 374. The highest BCUT2D eigenvalue weighted by atomic mass is 16.2. The Kier molecular flexibility index (Phi) is 4.19. The minimum absolute atomic E-state index is 0.0696. The Morgan fingerprint density at radius 3 is 2.94 bits per heavy atom. The van der Waals surface area contributed by atoms with Crippen molar-refractivity contribution in [1.82, 2.24) is 20.6 Å². The van der Waals surface area contributed by atoms with Crippen LogP contribution >= 0.6 is 0 Å². The van der Waals surface area contributed by atoms with Crippen LogP contribution in [-0.2, 0) is 9.59 Å². The first kappa shape index (κ1) is 11.9. The topological polar surface area (TPSA) is 104 Å². The number of amides is 2. The van der Waals surface area contributed by atoms with E-state index < -0.39 is 17.9 Å². The van der Waals surface area contributed by atoms with Gasteiger partial charge >= 0.3 is 0 Å². The lowest BCUT2D eigenvalue weighted by molar-refractivity contribution is -0.123. The van der Waals surface area contributed by atoms with Crippen LogP contribution in [0.4, 0.5) is 0 Å². The van der Waals surface area contributed by atoms with Gasteiger partial charge in [-0.25, -0.2) is 4.98 Å². The summed E-state index contributed by atoms with van der Waals surface area (Å²) < 4.78 is 0. The third-order valence-corrected chi connectivity index (χ3v) is 1.81. The average molecular weight is 224 g/mol. The molecule has 86 valence electrons. The van der Waals surface area contributed by atoms with E-state index in [-0.39, 0.29) is 12.4 Å². The minimum atomic E-state index is -0.724. The first-order valence-electron chi connectivity index (χ1n) is 4.66. The van der Waals surface area contributed by atoms with E-state index >= 15 is 0 Å². The number of aromatic nitrogens is 2. The molecule has 1 atom stereocenters. The van der Waals surface area contributed by atoms with Crippen LogP contribution in [0.15, 0.2) is 12.4 Å². The summed E-state index contributed by atoms with van der Waals surface area (Å²) in [5, 5.41) is 4.76. The summed E-state index contributed by atoms with van der Waals surface area (Å²) in [6.45, 7) is 1.45. The summed E-state index contributed by atoms with van der Waals surface area (Å²) in [5.41, 5.74) is 0. The molecule has 1 aromatic heterocycles. The molecule has 16 heavy (non-hydrogen) atoms. The van der Waals surface area contributed by atoms with Crippen molar-refractivity contribution >= 4 is 18.1 Å². The molecule has 0 saturated heterocycles. The van der Waals surface area contributed by atoms with Gasteiger partial charge in [0.25, 0.3) is 5.91 Å². The van der Waals surface area contributed by atoms with Crippen molar-refractivity contribution in [2.24, 2.45) is 0 Å². The van der Waals surface area contributed by atoms with Crippen LogP contribution in [0.3, 0.4) is 0 Å². The number of H-pyrrole nitrogens is 1. The second kappa shape index (κ2) is 5.64. The molecule has 0 unspecified atom stereocenters. The summed E-state index contributed by atoms with van der Waals surface area (Å²) in [5.74, 6) is -0.763. The fourth-order valence-corrected chi connectivity index (χ4v) is 1.02. The first-order chi connectivity index (χ1) is 7.65. The number of aromatic amines is 1. The zero-order valence-electron chi connectivity index (χ0n) is 8.69. The van der Waals surface area contributed by atoms with Gasteiger partial charge in [-0.3, -0.25) is 9.59 Å². The van der Waals surface area contributed by atoms with Crippen LogP contribution in [0.1, 0.15) is 17.5 Å². The Morgan fingerprint density at radius 2 is 2.38 bits per heavy atom. The Balaban J connectivity index is 2.45. The SMILES string of the molecule is C[C@H](NC(=O)c1ncc[nH]1)C(=O)NCC=O. The number of imidazole rings is 1. The quantitative estimate of drug-likeness (QED) is 0.549. The summed E-state index contributed by atoms with van der Waals surface area (Å²) in [6.07, 6.45) is 3.51. The molecule has 0 bridgehead atoms. The Labute approximate surface area is 91.6 Å². The summed E-state index contributed by atoms with van der Waals surface area (Å²) >= 11 is 0.